The highest BCUT2D eigenvalue weighted by Gasteiger charge is 2.31. The Balaban J connectivity index is 1.47. The Bertz CT molecular complexity index is 635. The summed E-state index contributed by atoms with van der Waals surface area (Å²) in [6.45, 7) is 2.21. The van der Waals surface area contributed by atoms with Gasteiger partial charge in [0.25, 0.3) is 5.91 Å². The van der Waals surface area contributed by atoms with Crippen LogP contribution in [0, 0.1) is 0 Å². The Hall–Kier alpha value is -2.00. The number of carbonyl (C=O) groups is 3. The average molecular weight is 394 g/mol. The van der Waals surface area contributed by atoms with E-state index in [0.717, 1.165) is 19.4 Å². The number of allylic oxidation sites excluding steroid dienone is 1. The van der Waals surface area contributed by atoms with Gasteiger partial charge in [-0.15, -0.1) is 0 Å². The van der Waals surface area contributed by atoms with Gasteiger partial charge in [-0.05, 0) is 50.7 Å². The maximum Gasteiger partial charge on any atom is 0.255 e. The molecule has 2 N–H and O–H groups in total. The summed E-state index contributed by atoms with van der Waals surface area (Å²) in [5, 5.41) is 9.50. The zero-order chi connectivity index (χ0) is 19.2. The molecule has 1 aliphatic carbocycles. The minimum Gasteiger partial charge on any atom is -0.361 e. The number of amides is 3. The first-order valence-corrected chi connectivity index (χ1v) is 10.0. The van der Waals surface area contributed by atoms with Gasteiger partial charge in [0.2, 0.25) is 11.8 Å². The van der Waals surface area contributed by atoms with Gasteiger partial charge >= 0.3 is 0 Å². The smallest absolute Gasteiger partial charge is 0.255 e. The summed E-state index contributed by atoms with van der Waals surface area (Å²) in [4.78, 5) is 37.2. The van der Waals surface area contributed by atoms with Gasteiger partial charge in [0.1, 0.15) is 0 Å². The summed E-state index contributed by atoms with van der Waals surface area (Å²) in [6, 6.07) is 0. The third kappa shape index (κ3) is 5.49. The molecule has 0 aromatic heterocycles. The van der Waals surface area contributed by atoms with Crippen molar-refractivity contribution in [3.05, 3.63) is 11.6 Å². The fourth-order valence-electron chi connectivity index (χ4n) is 3.72. The van der Waals surface area contributed by atoms with Gasteiger partial charge in [0.05, 0.1) is 19.6 Å². The molecule has 0 unspecified atom stereocenters. The summed E-state index contributed by atoms with van der Waals surface area (Å²) in [7, 11) is 0. The van der Waals surface area contributed by atoms with Crippen molar-refractivity contribution in [1.29, 1.82) is 0 Å². The van der Waals surface area contributed by atoms with Crippen LogP contribution in [0.2, 0.25) is 0 Å². The highest BCUT2D eigenvalue weighted by Crippen LogP contribution is 2.19. The number of rotatable bonds is 5. The normalized spacial score (nSPS) is 21.1. The van der Waals surface area contributed by atoms with Crippen LogP contribution < -0.4 is 10.6 Å². The summed E-state index contributed by atoms with van der Waals surface area (Å²) in [5.41, 5.74) is 1.49. The van der Waals surface area contributed by atoms with E-state index in [0.29, 0.717) is 18.2 Å². The topological polar surface area (TPSA) is 85.0 Å². The molecular weight excluding hydrogens is 366 g/mol. The van der Waals surface area contributed by atoms with E-state index in [-0.39, 0.29) is 37.4 Å². The van der Waals surface area contributed by atoms with Crippen LogP contribution in [0.1, 0.15) is 38.5 Å². The number of carbonyl (C=O) groups excluding carboxylic acids is 3. The highest BCUT2D eigenvalue weighted by molar-refractivity contribution is 7.80. The molecule has 0 spiro atoms. The lowest BCUT2D eigenvalue weighted by molar-refractivity contribution is -0.143. The van der Waals surface area contributed by atoms with Crippen molar-refractivity contribution in [3.8, 4) is 0 Å². The number of nitrogens with one attached hydrogen (secondary N) is 2. The first kappa shape index (κ1) is 19.8. The molecule has 2 heterocycles. The number of hydrazine groups is 1. The van der Waals surface area contributed by atoms with Crippen molar-refractivity contribution in [3.63, 3.8) is 0 Å². The Morgan fingerprint density at radius 1 is 1.11 bits per heavy atom. The van der Waals surface area contributed by atoms with Crippen LogP contribution in [-0.2, 0) is 14.4 Å². The van der Waals surface area contributed by atoms with Gasteiger partial charge in [-0.25, -0.2) is 0 Å². The Morgan fingerprint density at radius 2 is 1.85 bits per heavy atom. The predicted octanol–water partition coefficient (Wildman–Crippen LogP) is 0.159. The van der Waals surface area contributed by atoms with Gasteiger partial charge in [-0.2, -0.15) is 0 Å². The maximum atomic E-state index is 12.7. The first-order valence-electron chi connectivity index (χ1n) is 9.61. The fourth-order valence-corrected chi connectivity index (χ4v) is 4.01. The molecule has 0 aromatic rings. The Morgan fingerprint density at radius 3 is 2.56 bits per heavy atom. The van der Waals surface area contributed by atoms with E-state index in [9.17, 15) is 14.4 Å². The lowest BCUT2D eigenvalue weighted by atomic mass is 9.97. The van der Waals surface area contributed by atoms with Crippen LogP contribution in [0.25, 0.3) is 0 Å². The number of thiocarbonyl (C=S) groups is 1. The number of hydrogen-bond donors (Lipinski definition) is 2. The lowest BCUT2D eigenvalue weighted by Crippen LogP contribution is -2.56. The number of piperazine rings is 1. The Kier molecular flexibility index (Phi) is 6.78. The molecule has 3 amide bonds. The van der Waals surface area contributed by atoms with Crippen molar-refractivity contribution in [2.75, 3.05) is 39.3 Å². The second-order valence-electron chi connectivity index (χ2n) is 7.20. The monoisotopic (exact) mass is 393 g/mol. The van der Waals surface area contributed by atoms with Gasteiger partial charge in [0, 0.05) is 19.6 Å². The summed E-state index contributed by atoms with van der Waals surface area (Å²) in [5.74, 6) is -0.882. The molecule has 8 nitrogen and oxygen atoms in total. The van der Waals surface area contributed by atoms with Crippen molar-refractivity contribution >= 4 is 35.1 Å². The van der Waals surface area contributed by atoms with Crippen LogP contribution in [0.15, 0.2) is 11.6 Å². The van der Waals surface area contributed by atoms with E-state index in [1.807, 2.05) is 0 Å². The summed E-state index contributed by atoms with van der Waals surface area (Å²) < 4.78 is 0. The van der Waals surface area contributed by atoms with Crippen molar-refractivity contribution in [1.82, 2.24) is 25.6 Å². The minimum absolute atomic E-state index is 0.0329. The molecule has 3 aliphatic rings. The number of imide groups is 1. The zero-order valence-corrected chi connectivity index (χ0v) is 16.4. The van der Waals surface area contributed by atoms with Crippen molar-refractivity contribution in [2.45, 2.75) is 38.5 Å². The molecule has 2 fully saturated rings. The molecule has 9 heteroatoms. The standard InChI is InChI=1S/C18H27N5O3S/c24-15-11-21(12-16(25)20-15)13-17(26)22-9-4-10-23(22)18(27)19-8-7-14-5-2-1-3-6-14/h5H,1-4,6-13H2,(H,19,27)(H,20,24,25). The van der Waals surface area contributed by atoms with Crippen LogP contribution in [0.5, 0.6) is 0 Å². The second-order valence-corrected chi connectivity index (χ2v) is 7.59. The predicted molar refractivity (Wildman–Crippen MR) is 104 cm³/mol. The van der Waals surface area contributed by atoms with E-state index < -0.39 is 0 Å². The van der Waals surface area contributed by atoms with E-state index in [1.54, 1.807) is 14.9 Å². The fraction of sp³-hybridized carbons (Fsp3) is 0.667. The van der Waals surface area contributed by atoms with Gasteiger partial charge in [-0.3, -0.25) is 34.6 Å². The number of nitrogens with zero attached hydrogens (tertiary/aromatic N) is 3. The van der Waals surface area contributed by atoms with Gasteiger partial charge < -0.3 is 5.32 Å². The third-order valence-electron chi connectivity index (χ3n) is 5.03. The summed E-state index contributed by atoms with van der Waals surface area (Å²) >= 11 is 5.49. The second kappa shape index (κ2) is 9.27. The van der Waals surface area contributed by atoms with Gasteiger partial charge in [0.15, 0.2) is 5.11 Å². The van der Waals surface area contributed by atoms with Gasteiger partial charge in [-0.1, -0.05) is 11.6 Å². The largest absolute Gasteiger partial charge is 0.361 e. The lowest BCUT2D eigenvalue weighted by Gasteiger charge is -2.32. The van der Waals surface area contributed by atoms with E-state index in [4.69, 9.17) is 12.2 Å². The molecule has 3 rings (SSSR count). The van der Waals surface area contributed by atoms with Crippen molar-refractivity contribution < 1.29 is 14.4 Å². The average Bonchev–Trinajstić information content (AvgIpc) is 3.11. The first-order chi connectivity index (χ1) is 13.0. The van der Waals surface area contributed by atoms with Crippen LogP contribution >= 0.6 is 12.2 Å². The quantitative estimate of drug-likeness (QED) is 0.391. The third-order valence-corrected chi connectivity index (χ3v) is 5.39. The molecule has 0 bridgehead atoms. The molecule has 0 atom stereocenters. The molecule has 2 aliphatic heterocycles. The zero-order valence-electron chi connectivity index (χ0n) is 15.5. The Labute approximate surface area is 164 Å². The van der Waals surface area contributed by atoms with E-state index >= 15 is 0 Å². The molecular formula is C18H27N5O3S. The van der Waals surface area contributed by atoms with E-state index in [1.165, 1.54) is 31.3 Å². The van der Waals surface area contributed by atoms with Crippen molar-refractivity contribution in [2.24, 2.45) is 0 Å². The number of hydrogen-bond acceptors (Lipinski definition) is 5. The molecule has 27 heavy (non-hydrogen) atoms. The van der Waals surface area contributed by atoms with Crippen LogP contribution in [0.3, 0.4) is 0 Å². The molecule has 2 saturated heterocycles. The van der Waals surface area contributed by atoms with E-state index in [2.05, 4.69) is 16.7 Å². The SMILES string of the molecule is O=C1CN(CC(=O)N2CCCN2C(=S)NCCC2=CCCCC2)CC(=O)N1. The van der Waals surface area contributed by atoms with Crippen LogP contribution in [0.4, 0.5) is 0 Å². The molecule has 0 radical (unpaired) electrons. The van der Waals surface area contributed by atoms with Crippen LogP contribution in [-0.4, -0.2) is 77.0 Å². The maximum absolute atomic E-state index is 12.7. The molecule has 0 aromatic carbocycles. The molecule has 0 saturated carbocycles. The minimum atomic E-state index is -0.369. The highest BCUT2D eigenvalue weighted by atomic mass is 32.1. The summed E-state index contributed by atoms with van der Waals surface area (Å²) in [6.07, 6.45) is 9.04. The molecule has 148 valence electrons.